The van der Waals surface area contributed by atoms with Crippen LogP contribution >= 0.6 is 50.6 Å². The number of nitrogens with zero attached hydrogens (tertiary/aromatic N) is 2. The van der Waals surface area contributed by atoms with Crippen molar-refractivity contribution in [3.8, 4) is 0 Å². The lowest BCUT2D eigenvalue weighted by Crippen LogP contribution is -2.33. The third kappa shape index (κ3) is 4.83. The Bertz CT molecular complexity index is 1720. The number of amides is 3. The molecule has 1 fully saturated rings. The maximum atomic E-state index is 13.9. The molecule has 1 N–H and O–H groups in total. The van der Waals surface area contributed by atoms with Gasteiger partial charge in [-0.05, 0) is 61.0 Å². The molecule has 0 saturated carbocycles. The van der Waals surface area contributed by atoms with Gasteiger partial charge in [-0.15, -0.1) is 0 Å². The van der Waals surface area contributed by atoms with E-state index >= 15 is 0 Å². The highest BCUT2D eigenvalue weighted by molar-refractivity contribution is 9.10. The topological polar surface area (TPSA) is 88.5 Å². The molecule has 3 atom stereocenters. The number of benzene rings is 3. The summed E-state index contributed by atoms with van der Waals surface area (Å²) in [6.07, 6.45) is 0. The number of thiazole rings is 1. The lowest BCUT2D eigenvalue weighted by Gasteiger charge is -2.30. The van der Waals surface area contributed by atoms with E-state index in [0.717, 1.165) is 26.9 Å². The van der Waals surface area contributed by atoms with E-state index in [2.05, 4.69) is 21.2 Å². The van der Waals surface area contributed by atoms with Gasteiger partial charge >= 0.3 is 4.87 Å². The van der Waals surface area contributed by atoms with Crippen LogP contribution in [0.1, 0.15) is 21.9 Å². The largest absolute Gasteiger partial charge is 0.325 e. The Kier molecular flexibility index (Phi) is 7.20. The number of fused-ring (bicyclic) bond motifs is 2. The molecule has 3 aromatic carbocycles. The number of imide groups is 1. The molecule has 3 heterocycles. The first-order chi connectivity index (χ1) is 19.2. The summed E-state index contributed by atoms with van der Waals surface area (Å²) in [6, 6.07) is 21.5. The van der Waals surface area contributed by atoms with Crippen molar-refractivity contribution in [2.75, 3.05) is 10.2 Å². The van der Waals surface area contributed by atoms with Crippen LogP contribution in [0.4, 0.5) is 11.4 Å². The summed E-state index contributed by atoms with van der Waals surface area (Å²) in [5, 5.41) is 3.11. The van der Waals surface area contributed by atoms with Crippen molar-refractivity contribution < 1.29 is 14.4 Å². The average Bonchev–Trinajstić information content (AvgIpc) is 3.36. The molecule has 1 aromatic heterocycles. The smallest absolute Gasteiger partial charge is 0.308 e. The van der Waals surface area contributed by atoms with Gasteiger partial charge in [-0.3, -0.25) is 23.7 Å². The van der Waals surface area contributed by atoms with Gasteiger partial charge in [0.2, 0.25) is 17.7 Å². The summed E-state index contributed by atoms with van der Waals surface area (Å²) >= 11 is 11.8. The molecule has 7 nitrogen and oxygen atoms in total. The summed E-state index contributed by atoms with van der Waals surface area (Å²) in [4.78, 5) is 55.5. The molecule has 2 aliphatic rings. The highest BCUT2D eigenvalue weighted by Gasteiger charge is 2.56. The Hall–Kier alpha value is -3.18. The number of aryl methyl sites for hydroxylation is 1. The lowest BCUT2D eigenvalue weighted by atomic mass is 9.83. The van der Waals surface area contributed by atoms with Gasteiger partial charge in [0.15, 0.2) is 0 Å². The average molecular weight is 655 g/mol. The second kappa shape index (κ2) is 10.7. The number of hydrogen-bond donors (Lipinski definition) is 1. The fourth-order valence-corrected chi connectivity index (χ4v) is 8.46. The van der Waals surface area contributed by atoms with Crippen LogP contribution in [0.15, 0.2) is 87.1 Å². The van der Waals surface area contributed by atoms with Gasteiger partial charge in [-0.25, -0.2) is 4.90 Å². The monoisotopic (exact) mass is 653 g/mol. The quantitative estimate of drug-likeness (QED) is 0.264. The molecular formula is C29H21BrClN3O4S2. The number of aromatic nitrogens is 1. The molecule has 4 aromatic rings. The molecule has 202 valence electrons. The molecule has 40 heavy (non-hydrogen) atoms. The maximum Gasteiger partial charge on any atom is 0.308 e. The van der Waals surface area contributed by atoms with E-state index in [9.17, 15) is 19.2 Å². The van der Waals surface area contributed by atoms with Gasteiger partial charge in [0.1, 0.15) is 11.8 Å². The number of hydrogen-bond acceptors (Lipinski definition) is 6. The molecule has 3 amide bonds. The van der Waals surface area contributed by atoms with Crippen molar-refractivity contribution in [1.82, 2.24) is 4.57 Å². The predicted molar refractivity (Wildman–Crippen MR) is 161 cm³/mol. The zero-order valence-corrected chi connectivity index (χ0v) is 24.9. The van der Waals surface area contributed by atoms with Crippen LogP contribution in [0.25, 0.3) is 0 Å². The number of anilines is 2. The zero-order valence-electron chi connectivity index (χ0n) is 21.0. The Morgan fingerprint density at radius 3 is 2.42 bits per heavy atom. The first-order valence-corrected chi connectivity index (χ1v) is 15.2. The van der Waals surface area contributed by atoms with E-state index < -0.39 is 17.1 Å². The van der Waals surface area contributed by atoms with Gasteiger partial charge < -0.3 is 5.32 Å². The lowest BCUT2D eigenvalue weighted by molar-refractivity contribution is -0.122. The number of nitrogens with one attached hydrogen (secondary N) is 1. The molecule has 2 aliphatic heterocycles. The molecule has 0 bridgehead atoms. The van der Waals surface area contributed by atoms with Crippen LogP contribution in [0.5, 0.6) is 0 Å². The summed E-state index contributed by atoms with van der Waals surface area (Å²) in [5.41, 5.74) is 2.94. The summed E-state index contributed by atoms with van der Waals surface area (Å²) in [6.45, 7) is 1.75. The van der Waals surface area contributed by atoms with Crippen LogP contribution in [-0.4, -0.2) is 27.5 Å². The van der Waals surface area contributed by atoms with Crippen molar-refractivity contribution in [1.29, 1.82) is 0 Å². The van der Waals surface area contributed by atoms with Gasteiger partial charge in [-0.1, -0.05) is 80.5 Å². The van der Waals surface area contributed by atoms with Crippen molar-refractivity contribution >= 4 is 79.7 Å². The van der Waals surface area contributed by atoms with Gasteiger partial charge in [0.05, 0.1) is 16.6 Å². The van der Waals surface area contributed by atoms with Gasteiger partial charge in [0.25, 0.3) is 0 Å². The van der Waals surface area contributed by atoms with E-state index in [0.29, 0.717) is 26.3 Å². The number of carbonyl (C=O) groups is 3. The van der Waals surface area contributed by atoms with Gasteiger partial charge in [0, 0.05) is 26.0 Å². The Balaban J connectivity index is 1.41. The third-order valence-electron chi connectivity index (χ3n) is 6.98. The molecule has 0 aliphatic carbocycles. The number of thioether (sulfide) groups is 1. The van der Waals surface area contributed by atoms with E-state index in [1.807, 2.05) is 43.3 Å². The second-order valence-electron chi connectivity index (χ2n) is 9.62. The van der Waals surface area contributed by atoms with Crippen LogP contribution < -0.4 is 15.1 Å². The van der Waals surface area contributed by atoms with Crippen LogP contribution in [-0.2, 0) is 20.9 Å². The molecule has 11 heteroatoms. The summed E-state index contributed by atoms with van der Waals surface area (Å²) in [7, 11) is 0. The molecular weight excluding hydrogens is 634 g/mol. The fourth-order valence-electron chi connectivity index (χ4n) is 5.14. The predicted octanol–water partition coefficient (Wildman–Crippen LogP) is 6.07. The number of halogens is 2. The SMILES string of the molecule is Cc1ccc(NC(=O)Cn2c3c(sc2=O)[C@@H](c2cccc(Br)c2)[C@@H]2C(=O)N(c4ccc(Cl)cc4)C(=O)[C@@H]2S3)cc1. The molecule has 0 unspecified atom stereocenters. The van der Waals surface area contributed by atoms with Crippen LogP contribution in [0.2, 0.25) is 5.02 Å². The van der Waals surface area contributed by atoms with Crippen molar-refractivity contribution in [2.45, 2.75) is 29.7 Å². The normalized spacial score (nSPS) is 19.9. The highest BCUT2D eigenvalue weighted by Crippen LogP contribution is 2.54. The van der Waals surface area contributed by atoms with Crippen LogP contribution in [0.3, 0.4) is 0 Å². The number of carbonyl (C=O) groups excluding carboxylic acids is 3. The van der Waals surface area contributed by atoms with Crippen LogP contribution in [0, 0.1) is 12.8 Å². The number of rotatable bonds is 5. The minimum atomic E-state index is -0.764. The van der Waals surface area contributed by atoms with E-state index in [1.54, 1.807) is 36.4 Å². The van der Waals surface area contributed by atoms with E-state index in [-0.39, 0.29) is 29.1 Å². The fraction of sp³-hybridized carbons (Fsp3) is 0.172. The van der Waals surface area contributed by atoms with Crippen molar-refractivity contribution in [3.05, 3.63) is 108 Å². The first-order valence-electron chi connectivity index (χ1n) is 12.4. The Labute approximate surface area is 251 Å². The maximum absolute atomic E-state index is 13.9. The minimum absolute atomic E-state index is 0.211. The van der Waals surface area contributed by atoms with Crippen molar-refractivity contribution in [3.63, 3.8) is 0 Å². The molecule has 0 radical (unpaired) electrons. The molecule has 6 rings (SSSR count). The van der Waals surface area contributed by atoms with Crippen molar-refractivity contribution in [2.24, 2.45) is 5.92 Å². The molecule has 1 saturated heterocycles. The third-order valence-corrected chi connectivity index (χ3v) is 10.3. The minimum Gasteiger partial charge on any atom is -0.325 e. The highest BCUT2D eigenvalue weighted by atomic mass is 79.9. The Morgan fingerprint density at radius 1 is 1.00 bits per heavy atom. The van der Waals surface area contributed by atoms with E-state index in [4.69, 9.17) is 11.6 Å². The summed E-state index contributed by atoms with van der Waals surface area (Å²) in [5.74, 6) is -2.30. The molecule has 0 spiro atoms. The Morgan fingerprint density at radius 2 is 1.73 bits per heavy atom. The zero-order chi connectivity index (χ0) is 28.1. The summed E-state index contributed by atoms with van der Waals surface area (Å²) < 4.78 is 2.23. The first kappa shape index (κ1) is 27.0. The standard InChI is InChI=1S/C29H21BrClN3O4S2/c1-15-5-9-19(10-6-15)32-21(35)14-33-28-25(40-29(33)38)22(16-3-2-4-17(30)13-16)23-24(39-28)27(37)34(26(23)36)20-11-7-18(31)8-12-20/h2-13,22-24H,14H2,1H3,(H,32,35)/t22-,23-,24+/m0/s1. The second-order valence-corrected chi connectivity index (χ2v) is 13.1. The van der Waals surface area contributed by atoms with E-state index in [1.165, 1.54) is 21.2 Å². The van der Waals surface area contributed by atoms with Gasteiger partial charge in [-0.2, -0.15) is 0 Å².